The molecule has 0 aliphatic carbocycles. The largest absolute Gasteiger partial charge is 0.673 e. The van der Waals surface area contributed by atoms with Crippen LogP contribution in [-0.2, 0) is 4.79 Å². The zero-order chi connectivity index (χ0) is 8.78. The Morgan fingerprint density at radius 1 is 1.30 bits per heavy atom. The van der Waals surface area contributed by atoms with Crippen LogP contribution in [0.25, 0.3) is 0 Å². The topological polar surface area (TPSA) is 29.1 Å². The lowest BCUT2D eigenvalue weighted by Crippen LogP contribution is -2.11. The van der Waals surface area contributed by atoms with E-state index >= 15 is 0 Å². The Morgan fingerprint density at radius 3 is 1.40 bits per heavy atom. The van der Waals surface area contributed by atoms with E-state index in [-0.39, 0.29) is 5.91 Å². The maximum atomic E-state index is 9.75. The van der Waals surface area contributed by atoms with E-state index in [4.69, 9.17) is 0 Å². The summed E-state index contributed by atoms with van der Waals surface area (Å²) in [5.41, 5.74) is 0. The van der Waals surface area contributed by atoms with E-state index < -0.39 is 7.25 Å². The summed E-state index contributed by atoms with van der Waals surface area (Å²) in [6.45, 7) is 1.47. The van der Waals surface area contributed by atoms with Gasteiger partial charge in [-0.2, -0.15) is 0 Å². The number of carbonyl (C=O) groups is 1. The first-order valence-corrected chi connectivity index (χ1v) is 2.33. The Kier molecular flexibility index (Phi) is 6.08. The smallest absolute Gasteiger partial charge is 0.418 e. The number of carbonyl (C=O) groups excluding carboxylic acids is 1. The third-order valence-corrected chi connectivity index (χ3v) is 0.352. The molecule has 0 saturated carbocycles. The molecule has 0 atom stereocenters. The molecule has 0 spiro atoms. The van der Waals surface area contributed by atoms with Gasteiger partial charge in [-0.05, 0) is 0 Å². The summed E-state index contributed by atoms with van der Waals surface area (Å²) in [5.74, 6) is 0.00463. The molecule has 1 N–H and O–H groups in total. The average Bonchev–Trinajstić information content (AvgIpc) is 1.61. The summed E-state index contributed by atoms with van der Waals surface area (Å²) in [6.07, 6.45) is 0. The maximum absolute atomic E-state index is 9.75. The van der Waals surface area contributed by atoms with E-state index in [0.717, 1.165) is 0 Å². The van der Waals surface area contributed by atoms with Crippen LogP contribution in [0.2, 0.25) is 0 Å². The van der Waals surface area contributed by atoms with Crippen molar-refractivity contribution in [3.8, 4) is 0 Å². The predicted octanol–water partition coefficient (Wildman–Crippen LogP) is 1.05. The third kappa shape index (κ3) is 180. The van der Waals surface area contributed by atoms with Crippen LogP contribution in [0.15, 0.2) is 0 Å². The minimum atomic E-state index is -6.00. The minimum Gasteiger partial charge on any atom is -0.418 e. The lowest BCUT2D eigenvalue weighted by molar-refractivity contribution is -0.118. The Labute approximate surface area is 55.7 Å². The van der Waals surface area contributed by atoms with Gasteiger partial charge in [0, 0.05) is 14.0 Å². The third-order valence-electron chi connectivity index (χ3n) is 0.352. The molecule has 0 saturated heterocycles. The number of hydrogen-bond donors (Lipinski definition) is 1. The first-order chi connectivity index (χ1) is 4.27. The van der Waals surface area contributed by atoms with Crippen LogP contribution in [0.5, 0.6) is 0 Å². The molecule has 0 aliphatic heterocycles. The van der Waals surface area contributed by atoms with Crippen molar-refractivity contribution in [2.75, 3.05) is 7.05 Å². The monoisotopic (exact) mass is 160 g/mol. The van der Waals surface area contributed by atoms with Crippen LogP contribution in [0.1, 0.15) is 6.92 Å². The van der Waals surface area contributed by atoms with Crippen molar-refractivity contribution >= 4 is 13.2 Å². The average molecular weight is 160 g/mol. The SMILES string of the molecule is CNC(C)=O.F[B-](F)(F)F. The van der Waals surface area contributed by atoms with Crippen molar-refractivity contribution in [2.24, 2.45) is 0 Å². The van der Waals surface area contributed by atoms with Gasteiger partial charge >= 0.3 is 7.25 Å². The normalized spacial score (nSPS) is 9.40. The van der Waals surface area contributed by atoms with Gasteiger partial charge in [-0.3, -0.25) is 4.79 Å². The number of amides is 1. The van der Waals surface area contributed by atoms with Gasteiger partial charge in [0.25, 0.3) is 0 Å². The molecule has 0 aromatic heterocycles. The van der Waals surface area contributed by atoms with E-state index in [1.165, 1.54) is 6.92 Å². The van der Waals surface area contributed by atoms with E-state index in [1.807, 2.05) is 0 Å². The van der Waals surface area contributed by atoms with Crippen LogP contribution in [0.4, 0.5) is 17.3 Å². The van der Waals surface area contributed by atoms with Crippen molar-refractivity contribution in [3.05, 3.63) is 0 Å². The van der Waals surface area contributed by atoms with E-state index in [1.54, 1.807) is 7.05 Å². The summed E-state index contributed by atoms with van der Waals surface area (Å²) in [7, 11) is -4.40. The van der Waals surface area contributed by atoms with Gasteiger partial charge in [0.1, 0.15) is 0 Å². The maximum Gasteiger partial charge on any atom is 0.673 e. The zero-order valence-corrected chi connectivity index (χ0v) is 5.50. The number of rotatable bonds is 0. The molecule has 0 aromatic rings. The molecule has 1 amide bonds. The van der Waals surface area contributed by atoms with Gasteiger partial charge in [0.05, 0.1) is 0 Å². The van der Waals surface area contributed by atoms with Crippen LogP contribution in [-0.4, -0.2) is 20.2 Å². The fraction of sp³-hybridized carbons (Fsp3) is 0.667. The van der Waals surface area contributed by atoms with Gasteiger partial charge < -0.3 is 22.6 Å². The highest BCUT2D eigenvalue weighted by Crippen LogP contribution is 2.06. The molecule has 7 heteroatoms. The predicted molar refractivity (Wildman–Crippen MR) is 29.9 cm³/mol. The lowest BCUT2D eigenvalue weighted by Gasteiger charge is -1.94. The number of nitrogens with one attached hydrogen (secondary N) is 1. The summed E-state index contributed by atoms with van der Waals surface area (Å²) < 4.78 is 39.0. The summed E-state index contributed by atoms with van der Waals surface area (Å²) in [5, 5.41) is 2.39. The molecule has 10 heavy (non-hydrogen) atoms. The summed E-state index contributed by atoms with van der Waals surface area (Å²) in [4.78, 5) is 9.70. The summed E-state index contributed by atoms with van der Waals surface area (Å²) >= 11 is 0. The van der Waals surface area contributed by atoms with Crippen LogP contribution < -0.4 is 5.32 Å². The first kappa shape index (κ1) is 12.0. The Morgan fingerprint density at radius 2 is 1.40 bits per heavy atom. The molecule has 62 valence electrons. The Hall–Kier alpha value is -0.745. The molecule has 0 fully saturated rings. The Bertz CT molecular complexity index is 97.2. The lowest BCUT2D eigenvalue weighted by atomic mass is 10.3. The molecular weight excluding hydrogens is 153 g/mol. The van der Waals surface area contributed by atoms with E-state index in [0.29, 0.717) is 0 Å². The quantitative estimate of drug-likeness (QED) is 0.416. The van der Waals surface area contributed by atoms with Gasteiger partial charge in [0.2, 0.25) is 5.91 Å². The highest BCUT2D eigenvalue weighted by atomic mass is 19.5. The molecule has 0 heterocycles. The van der Waals surface area contributed by atoms with Gasteiger partial charge in [0.15, 0.2) is 0 Å². The molecule has 0 bridgehead atoms. The molecular formula is C3H7BF4NO-. The summed E-state index contributed by atoms with van der Waals surface area (Å²) in [6, 6.07) is 0. The van der Waals surface area contributed by atoms with E-state index in [9.17, 15) is 22.1 Å². The second kappa shape index (κ2) is 5.07. The van der Waals surface area contributed by atoms with Crippen LogP contribution in [0.3, 0.4) is 0 Å². The number of halogens is 4. The highest BCUT2D eigenvalue weighted by molar-refractivity contribution is 6.50. The fourth-order valence-corrected chi connectivity index (χ4v) is 0. The highest BCUT2D eigenvalue weighted by Gasteiger charge is 2.20. The molecule has 0 aromatic carbocycles. The van der Waals surface area contributed by atoms with E-state index in [2.05, 4.69) is 5.32 Å². The molecule has 0 aliphatic rings. The van der Waals surface area contributed by atoms with Crippen molar-refractivity contribution in [1.29, 1.82) is 0 Å². The van der Waals surface area contributed by atoms with Crippen molar-refractivity contribution in [2.45, 2.75) is 6.92 Å². The van der Waals surface area contributed by atoms with Crippen LogP contribution in [0, 0.1) is 0 Å². The standard InChI is InChI=1S/C3H7NO.BF4/c1-3(5)4-2;2-1(3,4)5/h1-2H3,(H,4,5);/q;-1. The van der Waals surface area contributed by atoms with Crippen molar-refractivity contribution in [3.63, 3.8) is 0 Å². The minimum absolute atomic E-state index is 0.00463. The van der Waals surface area contributed by atoms with Crippen molar-refractivity contribution in [1.82, 2.24) is 5.32 Å². The zero-order valence-electron chi connectivity index (χ0n) is 5.50. The van der Waals surface area contributed by atoms with Gasteiger partial charge in [-0.1, -0.05) is 0 Å². The van der Waals surface area contributed by atoms with Gasteiger partial charge in [-0.15, -0.1) is 0 Å². The number of hydrogen-bond acceptors (Lipinski definition) is 1. The Balaban J connectivity index is 0. The molecule has 2 nitrogen and oxygen atoms in total. The van der Waals surface area contributed by atoms with Gasteiger partial charge in [-0.25, -0.2) is 0 Å². The second-order valence-corrected chi connectivity index (χ2v) is 1.30. The first-order valence-electron chi connectivity index (χ1n) is 2.33. The van der Waals surface area contributed by atoms with Crippen LogP contribution >= 0.6 is 0 Å². The van der Waals surface area contributed by atoms with Crippen molar-refractivity contribution < 1.29 is 22.1 Å². The molecule has 0 unspecified atom stereocenters. The second-order valence-electron chi connectivity index (χ2n) is 1.30. The fourth-order valence-electron chi connectivity index (χ4n) is 0. The molecule has 0 radical (unpaired) electrons. The molecule has 0 rings (SSSR count).